The van der Waals surface area contributed by atoms with Crippen molar-refractivity contribution < 1.29 is 14.3 Å². The van der Waals surface area contributed by atoms with E-state index in [2.05, 4.69) is 44.5 Å². The molecule has 0 spiro atoms. The van der Waals surface area contributed by atoms with Crippen LogP contribution in [0.1, 0.15) is 59.3 Å². The van der Waals surface area contributed by atoms with Gasteiger partial charge >= 0.3 is 0 Å². The van der Waals surface area contributed by atoms with E-state index in [0.717, 1.165) is 31.5 Å². The van der Waals surface area contributed by atoms with Gasteiger partial charge in [0.25, 0.3) is 5.91 Å². The van der Waals surface area contributed by atoms with Gasteiger partial charge in [-0.05, 0) is 42.7 Å². The number of carbonyl (C=O) groups is 1. The van der Waals surface area contributed by atoms with Crippen LogP contribution in [0.5, 0.6) is 5.88 Å². The van der Waals surface area contributed by atoms with Gasteiger partial charge in [-0.2, -0.15) is 4.98 Å². The lowest BCUT2D eigenvalue weighted by molar-refractivity contribution is 0.0891. The standard InChI is InChI=1S/C22H28N4O3/c1-28-14-19(17-9-7-16(8-10-17)15-5-6-15)23-21(27)18-13-20(29-2)25-22(24-18)26-11-3-4-12-26/h7-10,13,15,19H,3-6,11-12,14H2,1-2H3,(H,23,27). The average Bonchev–Trinajstić information content (AvgIpc) is 3.46. The molecule has 1 saturated carbocycles. The molecule has 29 heavy (non-hydrogen) atoms. The zero-order valence-corrected chi connectivity index (χ0v) is 17.1. The molecule has 7 heteroatoms. The van der Waals surface area contributed by atoms with Crippen molar-refractivity contribution in [3.63, 3.8) is 0 Å². The predicted octanol–water partition coefficient (Wildman–Crippen LogP) is 3.08. The van der Waals surface area contributed by atoms with Crippen molar-refractivity contribution in [1.82, 2.24) is 15.3 Å². The number of hydrogen-bond acceptors (Lipinski definition) is 6. The van der Waals surface area contributed by atoms with Crippen LogP contribution in [0, 0.1) is 0 Å². The third kappa shape index (κ3) is 4.67. The number of carbonyl (C=O) groups excluding carboxylic acids is 1. The van der Waals surface area contributed by atoms with Gasteiger partial charge in [-0.25, -0.2) is 4.98 Å². The Balaban J connectivity index is 1.53. The highest BCUT2D eigenvalue weighted by atomic mass is 16.5. The zero-order chi connectivity index (χ0) is 20.2. The summed E-state index contributed by atoms with van der Waals surface area (Å²) in [6.07, 6.45) is 4.75. The summed E-state index contributed by atoms with van der Waals surface area (Å²) < 4.78 is 10.7. The summed E-state index contributed by atoms with van der Waals surface area (Å²) in [5, 5.41) is 3.06. The van der Waals surface area contributed by atoms with Crippen LogP contribution in [0.15, 0.2) is 30.3 Å². The average molecular weight is 396 g/mol. The Labute approximate surface area is 171 Å². The van der Waals surface area contributed by atoms with E-state index in [1.54, 1.807) is 20.3 Å². The van der Waals surface area contributed by atoms with Gasteiger partial charge in [-0.15, -0.1) is 0 Å². The smallest absolute Gasteiger partial charge is 0.270 e. The second kappa shape index (κ2) is 8.78. The third-order valence-electron chi connectivity index (χ3n) is 5.55. The Morgan fingerprint density at radius 3 is 2.52 bits per heavy atom. The number of rotatable bonds is 8. The molecule has 2 fully saturated rings. The van der Waals surface area contributed by atoms with Crippen molar-refractivity contribution in [1.29, 1.82) is 0 Å². The van der Waals surface area contributed by atoms with Gasteiger partial charge in [0, 0.05) is 26.3 Å². The van der Waals surface area contributed by atoms with Crippen molar-refractivity contribution in [3.05, 3.63) is 47.2 Å². The lowest BCUT2D eigenvalue weighted by Gasteiger charge is -2.20. The van der Waals surface area contributed by atoms with Crippen LogP contribution in [-0.4, -0.2) is 49.8 Å². The zero-order valence-electron chi connectivity index (χ0n) is 17.1. The fourth-order valence-electron chi connectivity index (χ4n) is 3.73. The molecule has 1 aromatic heterocycles. The van der Waals surface area contributed by atoms with E-state index in [1.165, 1.54) is 18.4 Å². The molecule has 1 saturated heterocycles. The van der Waals surface area contributed by atoms with Crippen LogP contribution < -0.4 is 15.0 Å². The Bertz CT molecular complexity index is 846. The minimum Gasteiger partial charge on any atom is -0.481 e. The first-order valence-electron chi connectivity index (χ1n) is 10.3. The summed E-state index contributed by atoms with van der Waals surface area (Å²) in [6.45, 7) is 2.18. The largest absolute Gasteiger partial charge is 0.481 e. The van der Waals surface area contributed by atoms with Gasteiger partial charge < -0.3 is 19.7 Å². The van der Waals surface area contributed by atoms with Crippen LogP contribution >= 0.6 is 0 Å². The Kier molecular flexibility index (Phi) is 5.94. The molecule has 1 aliphatic heterocycles. The molecule has 1 aromatic carbocycles. The first kappa shape index (κ1) is 19.6. The monoisotopic (exact) mass is 396 g/mol. The Morgan fingerprint density at radius 1 is 1.17 bits per heavy atom. The fourth-order valence-corrected chi connectivity index (χ4v) is 3.73. The third-order valence-corrected chi connectivity index (χ3v) is 5.55. The number of hydrogen-bond donors (Lipinski definition) is 1. The highest BCUT2D eigenvalue weighted by Crippen LogP contribution is 2.40. The highest BCUT2D eigenvalue weighted by Gasteiger charge is 2.24. The maximum atomic E-state index is 13.0. The van der Waals surface area contributed by atoms with E-state index in [0.29, 0.717) is 30.0 Å². The Hall–Kier alpha value is -2.67. The van der Waals surface area contributed by atoms with Crippen LogP contribution in [-0.2, 0) is 4.74 Å². The molecular formula is C22H28N4O3. The highest BCUT2D eigenvalue weighted by molar-refractivity contribution is 5.93. The normalized spacial score (nSPS) is 17.2. The quantitative estimate of drug-likeness (QED) is 0.739. The number of ether oxygens (including phenoxy) is 2. The molecule has 1 amide bonds. The van der Waals surface area contributed by atoms with Crippen molar-refractivity contribution in [2.75, 3.05) is 38.8 Å². The van der Waals surface area contributed by atoms with Crippen LogP contribution in [0.25, 0.3) is 0 Å². The number of benzene rings is 1. The van der Waals surface area contributed by atoms with Crippen LogP contribution in [0.2, 0.25) is 0 Å². The fraction of sp³-hybridized carbons (Fsp3) is 0.500. The van der Waals surface area contributed by atoms with Crippen molar-refractivity contribution in [2.45, 2.75) is 37.6 Å². The first-order valence-corrected chi connectivity index (χ1v) is 10.3. The minimum absolute atomic E-state index is 0.253. The molecule has 1 atom stereocenters. The molecule has 7 nitrogen and oxygen atoms in total. The molecule has 2 aliphatic rings. The van der Waals surface area contributed by atoms with Crippen molar-refractivity contribution in [3.8, 4) is 5.88 Å². The van der Waals surface area contributed by atoms with Gasteiger partial charge in [-0.3, -0.25) is 4.79 Å². The maximum Gasteiger partial charge on any atom is 0.270 e. The molecule has 0 bridgehead atoms. The summed E-state index contributed by atoms with van der Waals surface area (Å²) in [4.78, 5) is 24.0. The summed E-state index contributed by atoms with van der Waals surface area (Å²) in [5.74, 6) is 1.38. The Morgan fingerprint density at radius 2 is 1.90 bits per heavy atom. The van der Waals surface area contributed by atoms with Gasteiger partial charge in [0.05, 0.1) is 19.8 Å². The molecule has 2 aromatic rings. The first-order chi connectivity index (χ1) is 14.2. The summed E-state index contributed by atoms with van der Waals surface area (Å²) in [6, 6.07) is 9.79. The number of nitrogens with one attached hydrogen (secondary N) is 1. The molecule has 0 radical (unpaired) electrons. The van der Waals surface area contributed by atoms with E-state index in [9.17, 15) is 4.79 Å². The van der Waals surface area contributed by atoms with Gasteiger partial charge in [-0.1, -0.05) is 24.3 Å². The van der Waals surface area contributed by atoms with Gasteiger partial charge in [0.15, 0.2) is 0 Å². The number of nitrogens with zero attached hydrogens (tertiary/aromatic N) is 3. The van der Waals surface area contributed by atoms with E-state index in [1.807, 2.05) is 0 Å². The predicted molar refractivity (Wildman–Crippen MR) is 111 cm³/mol. The molecule has 1 aliphatic carbocycles. The van der Waals surface area contributed by atoms with E-state index in [-0.39, 0.29) is 11.9 Å². The van der Waals surface area contributed by atoms with Crippen LogP contribution in [0.4, 0.5) is 5.95 Å². The molecule has 2 heterocycles. The lowest BCUT2D eigenvalue weighted by atomic mass is 10.0. The molecule has 154 valence electrons. The summed E-state index contributed by atoms with van der Waals surface area (Å²) >= 11 is 0. The number of amides is 1. The summed E-state index contributed by atoms with van der Waals surface area (Å²) in [7, 11) is 3.18. The SMILES string of the molecule is COCC(NC(=O)c1cc(OC)nc(N2CCCC2)n1)c1ccc(C2CC2)cc1. The van der Waals surface area contributed by atoms with Gasteiger partial charge in [0.1, 0.15) is 5.69 Å². The number of anilines is 1. The van der Waals surface area contributed by atoms with Crippen LogP contribution in [0.3, 0.4) is 0 Å². The molecule has 4 rings (SSSR count). The maximum absolute atomic E-state index is 13.0. The van der Waals surface area contributed by atoms with E-state index >= 15 is 0 Å². The lowest BCUT2D eigenvalue weighted by Crippen LogP contribution is -2.32. The van der Waals surface area contributed by atoms with Crippen molar-refractivity contribution >= 4 is 11.9 Å². The molecule has 1 unspecified atom stereocenters. The second-order valence-electron chi connectivity index (χ2n) is 7.71. The summed E-state index contributed by atoms with van der Waals surface area (Å²) in [5.41, 5.74) is 2.69. The number of methoxy groups -OCH3 is 2. The second-order valence-corrected chi connectivity index (χ2v) is 7.71. The molecule has 1 N–H and O–H groups in total. The van der Waals surface area contributed by atoms with E-state index < -0.39 is 0 Å². The minimum atomic E-state index is -0.264. The van der Waals surface area contributed by atoms with Gasteiger partial charge in [0.2, 0.25) is 11.8 Å². The topological polar surface area (TPSA) is 76.6 Å². The molecular weight excluding hydrogens is 368 g/mol. The van der Waals surface area contributed by atoms with E-state index in [4.69, 9.17) is 9.47 Å². The number of aromatic nitrogens is 2. The van der Waals surface area contributed by atoms with Crippen molar-refractivity contribution in [2.24, 2.45) is 0 Å².